The maximum atomic E-state index is 2.52. The number of fused-ring (bicyclic) bond motifs is 15. The van der Waals surface area contributed by atoms with Gasteiger partial charge in [0.05, 0.1) is 5.41 Å². The Balaban J connectivity index is 1.06. The lowest BCUT2D eigenvalue weighted by atomic mass is 9.70. The number of rotatable bonds is 4. The zero-order valence-electron chi connectivity index (χ0n) is 34.2. The third-order valence-electron chi connectivity index (χ3n) is 14.2. The first kappa shape index (κ1) is 34.4. The molecule has 3 aliphatic rings. The van der Waals surface area contributed by atoms with Gasteiger partial charge in [-0.2, -0.15) is 0 Å². The average Bonchev–Trinajstić information content (AvgIpc) is 3.86. The predicted octanol–water partition coefficient (Wildman–Crippen LogP) is 15.8. The smallest absolute Gasteiger partial charge is 0.0726 e. The number of benzene rings is 10. The van der Waals surface area contributed by atoms with Gasteiger partial charge in [0.15, 0.2) is 0 Å². The van der Waals surface area contributed by atoms with Crippen LogP contribution in [0.2, 0.25) is 0 Å². The number of nitrogens with zero attached hydrogens (tertiary/aromatic N) is 1. The molecule has 0 radical (unpaired) electrons. The molecule has 0 heterocycles. The summed E-state index contributed by atoms with van der Waals surface area (Å²) in [4.78, 5) is 2.49. The first-order valence-electron chi connectivity index (χ1n) is 21.5. The highest BCUT2D eigenvalue weighted by Crippen LogP contribution is 2.64. The first-order valence-corrected chi connectivity index (χ1v) is 21.5. The second-order valence-corrected chi connectivity index (χ2v) is 17.7. The second-order valence-electron chi connectivity index (χ2n) is 17.7. The van der Waals surface area contributed by atoms with Crippen molar-refractivity contribution in [2.75, 3.05) is 4.90 Å². The van der Waals surface area contributed by atoms with Crippen LogP contribution in [0.5, 0.6) is 0 Å². The van der Waals surface area contributed by atoms with Crippen LogP contribution < -0.4 is 4.90 Å². The van der Waals surface area contributed by atoms with E-state index in [0.717, 1.165) is 17.1 Å². The molecule has 0 aromatic heterocycles. The molecule has 0 amide bonds. The van der Waals surface area contributed by atoms with E-state index in [9.17, 15) is 0 Å². The lowest BCUT2D eigenvalue weighted by molar-refractivity contribution is 0.660. The molecule has 1 atom stereocenters. The van der Waals surface area contributed by atoms with Gasteiger partial charge in [0.2, 0.25) is 0 Å². The highest BCUT2D eigenvalue weighted by molar-refractivity contribution is 6.04. The standard InChI is InChI=1S/C60H41N/c1-59(2)53-21-11-8-18-47(53)50-30-28-45(36-56(50)59)61(44-26-24-39(25-27-44)38-14-4-3-5-15-38)46-29-31-51-48-19-9-12-22-54(48)60(58(51)37-46)55-23-13-10-20-49(55)52-34-42-32-40-16-6-7-17-41(40)33-43(42)35-57(52)60/h3-37H,1-2H3. The van der Waals surface area contributed by atoms with Crippen molar-refractivity contribution in [2.24, 2.45) is 0 Å². The molecule has 0 saturated carbocycles. The van der Waals surface area contributed by atoms with E-state index in [4.69, 9.17) is 0 Å². The fourth-order valence-electron chi connectivity index (χ4n) is 11.4. The quantitative estimate of drug-likeness (QED) is 0.161. The summed E-state index contributed by atoms with van der Waals surface area (Å²) in [6.07, 6.45) is 0. The van der Waals surface area contributed by atoms with Crippen LogP contribution in [-0.4, -0.2) is 0 Å². The molecule has 1 nitrogen and oxygen atoms in total. The van der Waals surface area contributed by atoms with Crippen molar-refractivity contribution < 1.29 is 0 Å². The van der Waals surface area contributed by atoms with Crippen molar-refractivity contribution in [1.82, 2.24) is 0 Å². The minimum atomic E-state index is -0.488. The third kappa shape index (κ3) is 4.72. The van der Waals surface area contributed by atoms with E-state index in [-0.39, 0.29) is 5.41 Å². The molecule has 0 saturated heterocycles. The molecule has 1 unspecified atom stereocenters. The SMILES string of the molecule is CC1(C)c2ccccc2-c2ccc(N(c3ccc(-c4ccccc4)cc3)c3ccc4c(c3)C3(c5ccccc5-4)c4ccccc4-c4cc5cc6ccccc6cc5cc43)cc21. The first-order chi connectivity index (χ1) is 30.0. The molecule has 61 heavy (non-hydrogen) atoms. The van der Waals surface area contributed by atoms with Crippen molar-refractivity contribution in [3.8, 4) is 44.5 Å². The zero-order valence-corrected chi connectivity index (χ0v) is 34.2. The molecule has 0 N–H and O–H groups in total. The molecule has 286 valence electrons. The lowest BCUT2D eigenvalue weighted by Gasteiger charge is -2.32. The molecule has 0 aliphatic heterocycles. The Bertz CT molecular complexity index is 3450. The molecular weight excluding hydrogens is 735 g/mol. The van der Waals surface area contributed by atoms with Gasteiger partial charge in [-0.3, -0.25) is 0 Å². The van der Waals surface area contributed by atoms with Gasteiger partial charge < -0.3 is 4.90 Å². The summed E-state index contributed by atoms with van der Waals surface area (Å²) in [7, 11) is 0. The summed E-state index contributed by atoms with van der Waals surface area (Å²) in [5.41, 5.74) is 21.3. The molecular formula is C60H41N. The van der Waals surface area contributed by atoms with Crippen molar-refractivity contribution >= 4 is 38.6 Å². The van der Waals surface area contributed by atoms with Gasteiger partial charge in [-0.1, -0.05) is 166 Å². The van der Waals surface area contributed by atoms with Gasteiger partial charge in [0.1, 0.15) is 0 Å². The Morgan fingerprint density at radius 1 is 0.279 bits per heavy atom. The summed E-state index contributed by atoms with van der Waals surface area (Å²) in [5, 5.41) is 5.08. The van der Waals surface area contributed by atoms with Crippen molar-refractivity contribution in [3.63, 3.8) is 0 Å². The molecule has 1 spiro atoms. The van der Waals surface area contributed by atoms with E-state index < -0.39 is 5.41 Å². The van der Waals surface area contributed by atoms with Gasteiger partial charge in [0.25, 0.3) is 0 Å². The maximum Gasteiger partial charge on any atom is 0.0726 e. The van der Waals surface area contributed by atoms with E-state index in [1.54, 1.807) is 0 Å². The summed E-state index contributed by atoms with van der Waals surface area (Å²) in [5.74, 6) is 0. The van der Waals surface area contributed by atoms with Gasteiger partial charge in [-0.15, -0.1) is 0 Å². The van der Waals surface area contributed by atoms with Crippen LogP contribution in [-0.2, 0) is 10.8 Å². The molecule has 10 aromatic carbocycles. The zero-order chi connectivity index (χ0) is 40.5. The van der Waals surface area contributed by atoms with Gasteiger partial charge >= 0.3 is 0 Å². The Morgan fingerprint density at radius 2 is 0.721 bits per heavy atom. The summed E-state index contributed by atoms with van der Waals surface area (Å²) >= 11 is 0. The normalized spacial score (nSPS) is 15.9. The van der Waals surface area contributed by atoms with Crippen LogP contribution in [0.25, 0.3) is 66.1 Å². The van der Waals surface area contributed by atoms with Gasteiger partial charge in [-0.25, -0.2) is 0 Å². The van der Waals surface area contributed by atoms with E-state index in [0.29, 0.717) is 0 Å². The largest absolute Gasteiger partial charge is 0.310 e. The monoisotopic (exact) mass is 775 g/mol. The minimum Gasteiger partial charge on any atom is -0.310 e. The third-order valence-corrected chi connectivity index (χ3v) is 14.2. The van der Waals surface area contributed by atoms with E-state index >= 15 is 0 Å². The van der Waals surface area contributed by atoms with Gasteiger partial charge in [0, 0.05) is 22.5 Å². The highest BCUT2D eigenvalue weighted by Gasteiger charge is 2.52. The topological polar surface area (TPSA) is 3.24 Å². The molecule has 1 heteroatoms. The van der Waals surface area contributed by atoms with Crippen molar-refractivity contribution in [2.45, 2.75) is 24.7 Å². The second kappa shape index (κ2) is 12.5. The fraction of sp³-hybridized carbons (Fsp3) is 0.0667. The number of hydrogen-bond acceptors (Lipinski definition) is 1. The van der Waals surface area contributed by atoms with E-state index in [1.807, 2.05) is 0 Å². The summed E-state index contributed by atoms with van der Waals surface area (Å²) in [6.45, 7) is 4.75. The summed E-state index contributed by atoms with van der Waals surface area (Å²) in [6, 6.07) is 79.9. The Kier molecular flexibility index (Phi) is 7.06. The van der Waals surface area contributed by atoms with Gasteiger partial charge in [-0.05, 0) is 160 Å². The molecule has 3 aliphatic carbocycles. The molecule has 13 rings (SSSR count). The van der Waals surface area contributed by atoms with Crippen LogP contribution in [0.4, 0.5) is 17.1 Å². The maximum absolute atomic E-state index is 2.52. The lowest BCUT2D eigenvalue weighted by Crippen LogP contribution is -2.26. The number of anilines is 3. The Morgan fingerprint density at radius 3 is 1.38 bits per heavy atom. The fourth-order valence-corrected chi connectivity index (χ4v) is 11.4. The molecule has 10 aromatic rings. The highest BCUT2D eigenvalue weighted by atomic mass is 15.1. The minimum absolute atomic E-state index is 0.125. The average molecular weight is 776 g/mol. The number of hydrogen-bond donors (Lipinski definition) is 0. The Labute approximate surface area is 356 Å². The summed E-state index contributed by atoms with van der Waals surface area (Å²) < 4.78 is 0. The Hall–Kier alpha value is -7.48. The molecule has 0 fully saturated rings. The van der Waals surface area contributed by atoms with E-state index in [2.05, 4.69) is 231 Å². The van der Waals surface area contributed by atoms with Crippen LogP contribution in [0.15, 0.2) is 212 Å². The van der Waals surface area contributed by atoms with Crippen LogP contribution >= 0.6 is 0 Å². The van der Waals surface area contributed by atoms with Crippen LogP contribution in [0, 0.1) is 0 Å². The van der Waals surface area contributed by atoms with Crippen molar-refractivity contribution in [3.05, 3.63) is 246 Å². The molecule has 0 bridgehead atoms. The van der Waals surface area contributed by atoms with Crippen LogP contribution in [0.1, 0.15) is 47.2 Å². The predicted molar refractivity (Wildman–Crippen MR) is 255 cm³/mol. The van der Waals surface area contributed by atoms with E-state index in [1.165, 1.54) is 99.4 Å². The van der Waals surface area contributed by atoms with Crippen LogP contribution in [0.3, 0.4) is 0 Å². The van der Waals surface area contributed by atoms with Crippen molar-refractivity contribution in [1.29, 1.82) is 0 Å².